The first-order valence-electron chi connectivity index (χ1n) is 6.08. The minimum atomic E-state index is 0.647. The number of piperidine rings is 1. The minimum absolute atomic E-state index is 0.647. The molecule has 1 nitrogen and oxygen atoms in total. The van der Waals surface area contributed by atoms with Crippen molar-refractivity contribution in [3.63, 3.8) is 0 Å². The highest BCUT2D eigenvalue weighted by Gasteiger charge is 2.20. The van der Waals surface area contributed by atoms with Crippen molar-refractivity contribution in [1.29, 1.82) is 0 Å². The van der Waals surface area contributed by atoms with Gasteiger partial charge in [0, 0.05) is 5.56 Å². The molecule has 0 amide bonds. The van der Waals surface area contributed by atoms with Gasteiger partial charge in [-0.1, -0.05) is 25.0 Å². The lowest BCUT2D eigenvalue weighted by Gasteiger charge is -2.28. The monoisotopic (exact) mass is 213 g/mol. The van der Waals surface area contributed by atoms with Crippen LogP contribution in [0.15, 0.2) is 24.3 Å². The van der Waals surface area contributed by atoms with E-state index in [4.69, 9.17) is 6.42 Å². The van der Waals surface area contributed by atoms with E-state index in [0.717, 1.165) is 24.6 Å². The van der Waals surface area contributed by atoms with Gasteiger partial charge in [-0.25, -0.2) is 0 Å². The molecule has 0 aromatic heterocycles. The number of hydrogen-bond acceptors (Lipinski definition) is 1. The zero-order chi connectivity index (χ0) is 11.4. The Morgan fingerprint density at radius 1 is 1.25 bits per heavy atom. The van der Waals surface area contributed by atoms with Crippen molar-refractivity contribution in [2.24, 2.45) is 5.92 Å². The van der Waals surface area contributed by atoms with E-state index in [1.165, 1.54) is 18.4 Å². The zero-order valence-electron chi connectivity index (χ0n) is 9.87. The largest absolute Gasteiger partial charge is 0.317 e. The van der Waals surface area contributed by atoms with E-state index in [1.807, 2.05) is 12.1 Å². The summed E-state index contributed by atoms with van der Waals surface area (Å²) in [6.07, 6.45) is 7.94. The Hall–Kier alpha value is -1.26. The van der Waals surface area contributed by atoms with Gasteiger partial charge < -0.3 is 5.32 Å². The smallest absolute Gasteiger partial charge is 0.0242 e. The molecule has 0 aliphatic carbocycles. The second-order valence-corrected chi connectivity index (χ2v) is 4.64. The molecule has 1 atom stereocenters. The van der Waals surface area contributed by atoms with E-state index in [-0.39, 0.29) is 0 Å². The summed E-state index contributed by atoms with van der Waals surface area (Å²) in [4.78, 5) is 0. The van der Waals surface area contributed by atoms with Crippen LogP contribution in [0, 0.1) is 18.3 Å². The first-order chi connectivity index (χ1) is 7.81. The van der Waals surface area contributed by atoms with Crippen molar-refractivity contribution in [3.8, 4) is 12.3 Å². The van der Waals surface area contributed by atoms with Crippen LogP contribution in [0.3, 0.4) is 0 Å². The molecule has 1 aliphatic heterocycles. The number of hydrogen-bond donors (Lipinski definition) is 1. The minimum Gasteiger partial charge on any atom is -0.317 e. The average Bonchev–Trinajstić information content (AvgIpc) is 2.39. The van der Waals surface area contributed by atoms with Crippen LogP contribution in [0.2, 0.25) is 0 Å². The Morgan fingerprint density at radius 2 is 1.88 bits per heavy atom. The van der Waals surface area contributed by atoms with E-state index < -0.39 is 0 Å². The lowest BCUT2D eigenvalue weighted by molar-refractivity contribution is 0.330. The highest BCUT2D eigenvalue weighted by atomic mass is 14.9. The van der Waals surface area contributed by atoms with Crippen molar-refractivity contribution >= 4 is 0 Å². The van der Waals surface area contributed by atoms with Gasteiger partial charge in [0.05, 0.1) is 0 Å². The molecule has 1 saturated heterocycles. The van der Waals surface area contributed by atoms with Gasteiger partial charge in [-0.05, 0) is 55.5 Å². The van der Waals surface area contributed by atoms with Gasteiger partial charge in [-0.3, -0.25) is 0 Å². The van der Waals surface area contributed by atoms with E-state index in [1.54, 1.807) is 0 Å². The molecule has 1 fully saturated rings. The maximum absolute atomic E-state index is 5.36. The highest BCUT2D eigenvalue weighted by Crippen LogP contribution is 2.30. The van der Waals surface area contributed by atoms with Gasteiger partial charge in [-0.15, -0.1) is 6.42 Å². The maximum Gasteiger partial charge on any atom is 0.0242 e. The van der Waals surface area contributed by atoms with Crippen molar-refractivity contribution in [2.45, 2.75) is 25.7 Å². The lowest BCUT2D eigenvalue weighted by atomic mass is 9.81. The molecular weight excluding hydrogens is 194 g/mol. The van der Waals surface area contributed by atoms with E-state index in [2.05, 4.69) is 30.3 Å². The molecule has 0 saturated carbocycles. The van der Waals surface area contributed by atoms with Crippen molar-refractivity contribution in [2.75, 3.05) is 13.1 Å². The summed E-state index contributed by atoms with van der Waals surface area (Å²) in [5.41, 5.74) is 2.40. The van der Waals surface area contributed by atoms with Crippen LogP contribution in [-0.2, 0) is 0 Å². The molecule has 1 heteroatoms. The van der Waals surface area contributed by atoms with Crippen LogP contribution in [0.1, 0.15) is 36.8 Å². The molecule has 1 aliphatic rings. The second-order valence-electron chi connectivity index (χ2n) is 4.64. The fourth-order valence-corrected chi connectivity index (χ4v) is 2.50. The summed E-state index contributed by atoms with van der Waals surface area (Å²) in [5, 5.41) is 3.41. The lowest BCUT2D eigenvalue weighted by Crippen LogP contribution is -2.30. The van der Waals surface area contributed by atoms with Gasteiger partial charge in [-0.2, -0.15) is 0 Å². The van der Waals surface area contributed by atoms with Crippen molar-refractivity contribution in [3.05, 3.63) is 35.4 Å². The summed E-state index contributed by atoms with van der Waals surface area (Å²) in [5.74, 6) is 4.13. The summed E-state index contributed by atoms with van der Waals surface area (Å²) >= 11 is 0. The van der Waals surface area contributed by atoms with E-state index >= 15 is 0 Å². The Labute approximate surface area is 98.3 Å². The third-order valence-corrected chi connectivity index (χ3v) is 3.69. The van der Waals surface area contributed by atoms with Crippen LogP contribution < -0.4 is 5.32 Å². The van der Waals surface area contributed by atoms with Gasteiger partial charge in [0.15, 0.2) is 0 Å². The first kappa shape index (κ1) is 11.2. The van der Waals surface area contributed by atoms with Crippen LogP contribution >= 0.6 is 0 Å². The molecule has 1 aromatic carbocycles. The van der Waals surface area contributed by atoms with Crippen molar-refractivity contribution < 1.29 is 0 Å². The predicted octanol–water partition coefficient (Wildman–Crippen LogP) is 2.77. The number of nitrogens with one attached hydrogen (secondary N) is 1. The molecule has 0 spiro atoms. The van der Waals surface area contributed by atoms with Gasteiger partial charge in [0.25, 0.3) is 0 Å². The maximum atomic E-state index is 5.36. The SMILES string of the molecule is C#Cc1ccc(C(C)C2CCNCC2)cc1. The van der Waals surface area contributed by atoms with Crippen LogP contribution in [0.5, 0.6) is 0 Å². The van der Waals surface area contributed by atoms with Crippen LogP contribution in [0.4, 0.5) is 0 Å². The third kappa shape index (κ3) is 2.46. The average molecular weight is 213 g/mol. The molecule has 0 radical (unpaired) electrons. The summed E-state index contributed by atoms with van der Waals surface area (Å²) in [6.45, 7) is 4.66. The molecule has 2 rings (SSSR count). The standard InChI is InChI=1S/C15H19N/c1-3-13-4-6-14(7-5-13)12(2)15-8-10-16-11-9-15/h1,4-7,12,15-16H,8-11H2,2H3. The Morgan fingerprint density at radius 3 is 2.44 bits per heavy atom. The van der Waals surface area contributed by atoms with Gasteiger partial charge in [0.1, 0.15) is 0 Å². The fraction of sp³-hybridized carbons (Fsp3) is 0.467. The molecule has 1 aromatic rings. The first-order valence-corrected chi connectivity index (χ1v) is 6.08. The topological polar surface area (TPSA) is 12.0 Å². The van der Waals surface area contributed by atoms with E-state index in [0.29, 0.717) is 5.92 Å². The third-order valence-electron chi connectivity index (χ3n) is 3.69. The summed E-state index contributed by atoms with van der Waals surface area (Å²) < 4.78 is 0. The molecular formula is C15H19N. The molecule has 1 N–H and O–H groups in total. The highest BCUT2D eigenvalue weighted by molar-refractivity contribution is 5.35. The van der Waals surface area contributed by atoms with Crippen LogP contribution in [-0.4, -0.2) is 13.1 Å². The molecule has 16 heavy (non-hydrogen) atoms. The Bertz CT molecular complexity index is 365. The summed E-state index contributed by atoms with van der Waals surface area (Å²) in [7, 11) is 0. The molecule has 1 unspecified atom stereocenters. The predicted molar refractivity (Wildman–Crippen MR) is 68.4 cm³/mol. The quantitative estimate of drug-likeness (QED) is 0.745. The number of terminal acetylenes is 1. The van der Waals surface area contributed by atoms with E-state index in [9.17, 15) is 0 Å². The van der Waals surface area contributed by atoms with Crippen molar-refractivity contribution in [1.82, 2.24) is 5.32 Å². The number of benzene rings is 1. The van der Waals surface area contributed by atoms with Crippen LogP contribution in [0.25, 0.3) is 0 Å². The fourth-order valence-electron chi connectivity index (χ4n) is 2.50. The summed E-state index contributed by atoms with van der Waals surface area (Å²) in [6, 6.07) is 8.46. The number of rotatable bonds is 2. The zero-order valence-corrected chi connectivity index (χ0v) is 9.87. The molecule has 0 bridgehead atoms. The molecule has 1 heterocycles. The normalized spacial score (nSPS) is 19.0. The Balaban J connectivity index is 2.07. The Kier molecular flexibility index (Phi) is 3.64. The van der Waals surface area contributed by atoms with Gasteiger partial charge >= 0.3 is 0 Å². The second kappa shape index (κ2) is 5.18. The van der Waals surface area contributed by atoms with Gasteiger partial charge in [0.2, 0.25) is 0 Å². The molecule has 84 valence electrons.